The maximum Gasteiger partial charge on any atom is 0.271 e. The highest BCUT2D eigenvalue weighted by molar-refractivity contribution is 9.11. The standard InChI is InChI=1S/C13H14Br2N2O2S2/c1-2-16-7-9-6-12(20-8-9)21(18,19)17-13-10(14)4-3-5-11(13)15/h3-6,8,16-17H,2,7H2,1H3. The first-order chi connectivity index (χ1) is 9.94. The van der Waals surface area contributed by atoms with E-state index in [1.54, 1.807) is 18.2 Å². The Hall–Kier alpha value is -0.410. The summed E-state index contributed by atoms with van der Waals surface area (Å²) in [6.45, 7) is 3.53. The molecule has 2 N–H and O–H groups in total. The van der Waals surface area contributed by atoms with Crippen LogP contribution >= 0.6 is 43.2 Å². The quantitative estimate of drug-likeness (QED) is 0.689. The van der Waals surface area contributed by atoms with Gasteiger partial charge < -0.3 is 5.32 Å². The van der Waals surface area contributed by atoms with Crippen LogP contribution < -0.4 is 10.0 Å². The van der Waals surface area contributed by atoms with Crippen molar-refractivity contribution in [2.24, 2.45) is 0 Å². The number of anilines is 1. The van der Waals surface area contributed by atoms with Gasteiger partial charge in [0.1, 0.15) is 4.21 Å². The van der Waals surface area contributed by atoms with Crippen molar-refractivity contribution in [2.75, 3.05) is 11.3 Å². The molecule has 1 aromatic heterocycles. The molecule has 8 heteroatoms. The number of benzene rings is 1. The number of para-hydroxylation sites is 1. The maximum absolute atomic E-state index is 12.4. The fourth-order valence-corrected chi connectivity index (χ4v) is 5.41. The zero-order valence-electron chi connectivity index (χ0n) is 11.2. The Morgan fingerprint density at radius 1 is 1.24 bits per heavy atom. The lowest BCUT2D eigenvalue weighted by atomic mass is 10.3. The molecule has 1 aromatic carbocycles. The molecule has 114 valence electrons. The summed E-state index contributed by atoms with van der Waals surface area (Å²) in [5.41, 5.74) is 1.47. The number of sulfonamides is 1. The van der Waals surface area contributed by atoms with E-state index in [9.17, 15) is 8.42 Å². The predicted molar refractivity (Wildman–Crippen MR) is 94.4 cm³/mol. The molecule has 0 aliphatic carbocycles. The second kappa shape index (κ2) is 7.23. The van der Waals surface area contributed by atoms with E-state index in [1.807, 2.05) is 18.4 Å². The molecule has 0 unspecified atom stereocenters. The van der Waals surface area contributed by atoms with Gasteiger partial charge in [0.15, 0.2) is 0 Å². The van der Waals surface area contributed by atoms with E-state index >= 15 is 0 Å². The van der Waals surface area contributed by atoms with Gasteiger partial charge in [0.2, 0.25) is 0 Å². The third kappa shape index (κ3) is 4.29. The molecule has 0 atom stereocenters. The highest BCUT2D eigenvalue weighted by Gasteiger charge is 2.19. The minimum atomic E-state index is -3.58. The van der Waals surface area contributed by atoms with Crippen molar-refractivity contribution < 1.29 is 8.42 Å². The minimum absolute atomic E-state index is 0.304. The van der Waals surface area contributed by atoms with Gasteiger partial charge in [-0.2, -0.15) is 0 Å². The Balaban J connectivity index is 2.24. The van der Waals surface area contributed by atoms with Gasteiger partial charge in [-0.1, -0.05) is 13.0 Å². The summed E-state index contributed by atoms with van der Waals surface area (Å²) < 4.78 is 29.1. The zero-order chi connectivity index (χ0) is 15.5. The van der Waals surface area contributed by atoms with Gasteiger partial charge in [0.25, 0.3) is 10.0 Å². The molecule has 2 aromatic rings. The Morgan fingerprint density at radius 2 is 1.90 bits per heavy atom. The average Bonchev–Trinajstić information content (AvgIpc) is 2.90. The van der Waals surface area contributed by atoms with Crippen LogP contribution in [0.4, 0.5) is 5.69 Å². The second-order valence-electron chi connectivity index (χ2n) is 4.26. The summed E-state index contributed by atoms with van der Waals surface area (Å²) in [7, 11) is -3.58. The Morgan fingerprint density at radius 3 is 2.52 bits per heavy atom. The van der Waals surface area contributed by atoms with Crippen LogP contribution in [0, 0.1) is 0 Å². The first kappa shape index (κ1) is 17.0. The molecular weight excluding hydrogens is 440 g/mol. The van der Waals surface area contributed by atoms with Crippen LogP contribution in [0.15, 0.2) is 42.8 Å². The first-order valence-electron chi connectivity index (χ1n) is 6.19. The van der Waals surface area contributed by atoms with Crippen molar-refractivity contribution >= 4 is 58.9 Å². The summed E-state index contributed by atoms with van der Waals surface area (Å²) in [5, 5.41) is 5.03. The highest BCUT2D eigenvalue weighted by Crippen LogP contribution is 2.33. The third-order valence-corrected chi connectivity index (χ3v) is 6.83. The Kier molecular flexibility index (Phi) is 5.84. The number of rotatable bonds is 6. The van der Waals surface area contributed by atoms with Crippen molar-refractivity contribution in [2.45, 2.75) is 17.7 Å². The second-order valence-corrected chi connectivity index (χ2v) is 8.79. The number of thiophene rings is 1. The maximum atomic E-state index is 12.4. The number of hydrogen-bond donors (Lipinski definition) is 2. The van der Waals surface area contributed by atoms with Crippen LogP contribution in [0.3, 0.4) is 0 Å². The normalized spacial score (nSPS) is 11.6. The molecule has 0 fully saturated rings. The predicted octanol–water partition coefficient (Wildman–Crippen LogP) is 4.18. The molecule has 21 heavy (non-hydrogen) atoms. The van der Waals surface area contributed by atoms with E-state index < -0.39 is 10.0 Å². The lowest BCUT2D eigenvalue weighted by Crippen LogP contribution is -2.13. The number of halogens is 2. The van der Waals surface area contributed by atoms with E-state index in [-0.39, 0.29) is 0 Å². The third-order valence-electron chi connectivity index (χ3n) is 2.67. The van der Waals surface area contributed by atoms with Gasteiger partial charge >= 0.3 is 0 Å². The number of hydrogen-bond acceptors (Lipinski definition) is 4. The molecule has 0 saturated heterocycles. The minimum Gasteiger partial charge on any atom is -0.313 e. The zero-order valence-corrected chi connectivity index (χ0v) is 16.0. The molecule has 0 amide bonds. The largest absolute Gasteiger partial charge is 0.313 e. The molecule has 0 radical (unpaired) electrons. The molecular formula is C13H14Br2N2O2S2. The number of nitrogens with one attached hydrogen (secondary N) is 2. The summed E-state index contributed by atoms with van der Waals surface area (Å²) in [5.74, 6) is 0. The van der Waals surface area contributed by atoms with Crippen LogP contribution in [0.25, 0.3) is 0 Å². The van der Waals surface area contributed by atoms with E-state index in [0.29, 0.717) is 25.4 Å². The van der Waals surface area contributed by atoms with Gasteiger partial charge in [-0.15, -0.1) is 11.3 Å². The van der Waals surface area contributed by atoms with Crippen molar-refractivity contribution in [1.82, 2.24) is 5.32 Å². The summed E-state index contributed by atoms with van der Waals surface area (Å²) in [6, 6.07) is 7.09. The van der Waals surface area contributed by atoms with Crippen LogP contribution in [0.1, 0.15) is 12.5 Å². The molecule has 0 aliphatic heterocycles. The fourth-order valence-electron chi connectivity index (χ4n) is 1.64. The topological polar surface area (TPSA) is 58.2 Å². The molecule has 0 saturated carbocycles. The van der Waals surface area contributed by atoms with Crippen molar-refractivity contribution in [1.29, 1.82) is 0 Å². The monoisotopic (exact) mass is 452 g/mol. The first-order valence-corrected chi connectivity index (χ1v) is 10.1. The van der Waals surface area contributed by atoms with Crippen molar-refractivity contribution in [3.63, 3.8) is 0 Å². The summed E-state index contributed by atoms with van der Waals surface area (Å²) in [4.78, 5) is 0. The van der Waals surface area contributed by atoms with Crippen LogP contribution in [0.5, 0.6) is 0 Å². The molecule has 0 aliphatic rings. The van der Waals surface area contributed by atoms with E-state index in [4.69, 9.17) is 0 Å². The van der Waals surface area contributed by atoms with Gasteiger partial charge in [0, 0.05) is 15.5 Å². The van der Waals surface area contributed by atoms with E-state index in [0.717, 1.165) is 12.1 Å². The Bertz CT molecular complexity index is 709. The molecule has 0 bridgehead atoms. The van der Waals surface area contributed by atoms with E-state index in [2.05, 4.69) is 41.9 Å². The summed E-state index contributed by atoms with van der Waals surface area (Å²) >= 11 is 7.91. The van der Waals surface area contributed by atoms with Crippen LogP contribution in [-0.4, -0.2) is 15.0 Å². The lowest BCUT2D eigenvalue weighted by Gasteiger charge is -2.10. The van der Waals surface area contributed by atoms with Gasteiger partial charge in [0.05, 0.1) is 5.69 Å². The summed E-state index contributed by atoms with van der Waals surface area (Å²) in [6.07, 6.45) is 0. The average molecular weight is 454 g/mol. The molecule has 4 nitrogen and oxygen atoms in total. The molecule has 1 heterocycles. The van der Waals surface area contributed by atoms with Gasteiger partial charge in [-0.3, -0.25) is 4.72 Å². The SMILES string of the molecule is CCNCc1csc(S(=O)(=O)Nc2c(Br)cccc2Br)c1. The van der Waals surface area contributed by atoms with Crippen molar-refractivity contribution in [3.05, 3.63) is 44.2 Å². The lowest BCUT2D eigenvalue weighted by molar-refractivity contribution is 0.603. The van der Waals surface area contributed by atoms with E-state index in [1.165, 1.54) is 11.3 Å². The molecule has 0 spiro atoms. The fraction of sp³-hybridized carbons (Fsp3) is 0.231. The van der Waals surface area contributed by atoms with Crippen LogP contribution in [0.2, 0.25) is 0 Å². The van der Waals surface area contributed by atoms with Gasteiger partial charge in [-0.05, 0) is 67.5 Å². The van der Waals surface area contributed by atoms with Gasteiger partial charge in [-0.25, -0.2) is 8.42 Å². The molecule has 2 rings (SSSR count). The Labute approximate surface area is 145 Å². The van der Waals surface area contributed by atoms with Crippen molar-refractivity contribution in [3.8, 4) is 0 Å². The highest BCUT2D eigenvalue weighted by atomic mass is 79.9. The van der Waals surface area contributed by atoms with Crippen LogP contribution in [-0.2, 0) is 16.6 Å². The smallest absolute Gasteiger partial charge is 0.271 e.